The average Bonchev–Trinajstić information content (AvgIpc) is 3.17. The number of carbonyl (C=O) groups excluding carboxylic acids is 1. The fourth-order valence-corrected chi connectivity index (χ4v) is 4.04. The van der Waals surface area contributed by atoms with E-state index < -0.39 is 5.54 Å². The molecule has 0 spiro atoms. The molecule has 22 heavy (non-hydrogen) atoms. The van der Waals surface area contributed by atoms with Crippen molar-refractivity contribution in [2.24, 2.45) is 0 Å². The van der Waals surface area contributed by atoms with E-state index in [1.165, 1.54) is 0 Å². The van der Waals surface area contributed by atoms with Crippen molar-refractivity contribution in [1.82, 2.24) is 4.90 Å². The number of likely N-dealkylation sites (N-methyl/N-ethyl adjacent to an activating group) is 1. The molecule has 1 fully saturated rings. The van der Waals surface area contributed by atoms with Crippen molar-refractivity contribution < 1.29 is 4.79 Å². The maximum Gasteiger partial charge on any atom is 0.256 e. The summed E-state index contributed by atoms with van der Waals surface area (Å²) in [4.78, 5) is 17.5. The Morgan fingerprint density at radius 3 is 2.27 bits per heavy atom. The van der Waals surface area contributed by atoms with Crippen LogP contribution in [0, 0.1) is 0 Å². The van der Waals surface area contributed by atoms with Crippen LogP contribution in [0.25, 0.3) is 0 Å². The van der Waals surface area contributed by atoms with Gasteiger partial charge in [-0.2, -0.15) is 0 Å². The predicted molar refractivity (Wildman–Crippen MR) is 87.9 cm³/mol. The summed E-state index contributed by atoms with van der Waals surface area (Å²) in [6.07, 6.45) is 2.32. The molecule has 4 rings (SSSR count). The number of hydrogen-bond donors (Lipinski definition) is 0. The number of nitrogens with zero attached hydrogens (tertiary/aromatic N) is 2. The third-order valence-corrected chi connectivity index (χ3v) is 5.04. The van der Waals surface area contributed by atoms with Gasteiger partial charge in [0.1, 0.15) is 0 Å². The van der Waals surface area contributed by atoms with E-state index in [2.05, 4.69) is 23.1 Å². The fraction of sp³-hybridized carbons (Fsp3) is 0.316. The second kappa shape index (κ2) is 4.96. The summed E-state index contributed by atoms with van der Waals surface area (Å²) < 4.78 is 0. The van der Waals surface area contributed by atoms with E-state index in [1.54, 1.807) is 0 Å². The molecule has 0 radical (unpaired) electrons. The third kappa shape index (κ3) is 1.63. The highest BCUT2D eigenvalue weighted by atomic mass is 16.2. The van der Waals surface area contributed by atoms with Crippen molar-refractivity contribution in [2.45, 2.75) is 18.4 Å². The zero-order valence-corrected chi connectivity index (χ0v) is 12.8. The molecule has 0 aliphatic carbocycles. The fourth-order valence-electron chi connectivity index (χ4n) is 4.04. The van der Waals surface area contributed by atoms with Gasteiger partial charge in [0, 0.05) is 18.3 Å². The Morgan fingerprint density at radius 1 is 0.909 bits per heavy atom. The molecule has 2 aromatic rings. The topological polar surface area (TPSA) is 23.6 Å². The van der Waals surface area contributed by atoms with Gasteiger partial charge in [0.05, 0.1) is 0 Å². The summed E-state index contributed by atoms with van der Waals surface area (Å²) in [5, 5.41) is 0. The summed E-state index contributed by atoms with van der Waals surface area (Å²) in [5.74, 6) is 0.168. The van der Waals surface area contributed by atoms with Crippen LogP contribution < -0.4 is 4.90 Å². The number of hydrogen-bond acceptors (Lipinski definition) is 2. The largest absolute Gasteiger partial charge is 0.313 e. The second-order valence-electron chi connectivity index (χ2n) is 6.15. The first kappa shape index (κ1) is 13.5. The average molecular weight is 292 g/mol. The maximum atomic E-state index is 13.4. The van der Waals surface area contributed by atoms with Crippen LogP contribution in [0.2, 0.25) is 0 Å². The summed E-state index contributed by atoms with van der Waals surface area (Å²) in [5.41, 5.74) is 2.58. The molecule has 0 bridgehead atoms. The zero-order chi connectivity index (χ0) is 15.2. The molecule has 1 unspecified atom stereocenters. The normalized spacial score (nSPS) is 24.8. The SMILES string of the molecule is CN1C(=O)C(c2ccccc2)(N2CCCC2)c2ccccc21. The Hall–Kier alpha value is -2.13. The highest BCUT2D eigenvalue weighted by Gasteiger charge is 2.55. The standard InChI is InChI=1S/C19H20N2O/c1-20-17-12-6-5-11-16(17)19(18(20)22,21-13-7-8-14-21)15-9-3-2-4-10-15/h2-6,9-12H,7-8,13-14H2,1H3. The molecular weight excluding hydrogens is 272 g/mol. The molecule has 0 saturated carbocycles. The Labute approximate surface area is 131 Å². The van der Waals surface area contributed by atoms with Crippen LogP contribution in [0.1, 0.15) is 24.0 Å². The van der Waals surface area contributed by atoms with Crippen LogP contribution in [0.4, 0.5) is 5.69 Å². The molecule has 1 atom stereocenters. The first-order valence-electron chi connectivity index (χ1n) is 7.94. The molecule has 2 heterocycles. The summed E-state index contributed by atoms with van der Waals surface area (Å²) in [6, 6.07) is 18.5. The molecule has 112 valence electrons. The maximum absolute atomic E-state index is 13.4. The molecule has 0 N–H and O–H groups in total. The van der Waals surface area contributed by atoms with Crippen LogP contribution in [-0.2, 0) is 10.3 Å². The summed E-state index contributed by atoms with van der Waals surface area (Å²) in [7, 11) is 1.89. The number of benzene rings is 2. The number of carbonyl (C=O) groups is 1. The smallest absolute Gasteiger partial charge is 0.256 e. The number of para-hydroxylation sites is 1. The number of anilines is 1. The first-order chi connectivity index (χ1) is 10.8. The third-order valence-electron chi connectivity index (χ3n) is 5.04. The molecule has 0 aromatic heterocycles. The van der Waals surface area contributed by atoms with Crippen molar-refractivity contribution in [3.05, 3.63) is 65.7 Å². The van der Waals surface area contributed by atoms with Gasteiger partial charge in [0.2, 0.25) is 0 Å². The summed E-state index contributed by atoms with van der Waals surface area (Å²) in [6.45, 7) is 1.95. The van der Waals surface area contributed by atoms with Crippen LogP contribution in [-0.4, -0.2) is 30.9 Å². The van der Waals surface area contributed by atoms with Gasteiger partial charge in [-0.05, 0) is 37.6 Å². The van der Waals surface area contributed by atoms with Crippen molar-refractivity contribution >= 4 is 11.6 Å². The lowest BCUT2D eigenvalue weighted by Gasteiger charge is -2.38. The molecule has 2 aromatic carbocycles. The number of fused-ring (bicyclic) bond motifs is 1. The lowest BCUT2D eigenvalue weighted by atomic mass is 9.82. The van der Waals surface area contributed by atoms with Crippen LogP contribution in [0.15, 0.2) is 54.6 Å². The lowest BCUT2D eigenvalue weighted by Crippen LogP contribution is -2.52. The summed E-state index contributed by atoms with van der Waals surface area (Å²) >= 11 is 0. The van der Waals surface area contributed by atoms with E-state index in [4.69, 9.17) is 0 Å². The van der Waals surface area contributed by atoms with E-state index >= 15 is 0 Å². The first-order valence-corrected chi connectivity index (χ1v) is 7.94. The molecule has 3 heteroatoms. The highest BCUT2D eigenvalue weighted by molar-refractivity contribution is 6.09. The van der Waals surface area contributed by atoms with Gasteiger partial charge in [-0.25, -0.2) is 0 Å². The van der Waals surface area contributed by atoms with E-state index in [-0.39, 0.29) is 5.91 Å². The molecule has 2 aliphatic heterocycles. The molecule has 1 saturated heterocycles. The Balaban J connectivity index is 2.01. The van der Waals surface area contributed by atoms with Gasteiger partial charge >= 0.3 is 0 Å². The number of amides is 1. The van der Waals surface area contributed by atoms with Crippen LogP contribution >= 0.6 is 0 Å². The molecular formula is C19H20N2O. The Morgan fingerprint density at radius 2 is 1.55 bits per heavy atom. The van der Waals surface area contributed by atoms with Gasteiger partial charge in [-0.3, -0.25) is 9.69 Å². The minimum atomic E-state index is -0.650. The number of rotatable bonds is 2. The molecule has 1 amide bonds. The second-order valence-corrected chi connectivity index (χ2v) is 6.15. The van der Waals surface area contributed by atoms with E-state index in [9.17, 15) is 4.79 Å². The molecule has 2 aliphatic rings. The van der Waals surface area contributed by atoms with Gasteiger partial charge in [-0.1, -0.05) is 48.5 Å². The van der Waals surface area contributed by atoms with Crippen LogP contribution in [0.3, 0.4) is 0 Å². The lowest BCUT2D eigenvalue weighted by molar-refractivity contribution is -0.126. The number of likely N-dealkylation sites (tertiary alicyclic amines) is 1. The van der Waals surface area contributed by atoms with Crippen LogP contribution in [0.5, 0.6) is 0 Å². The van der Waals surface area contributed by atoms with Crippen molar-refractivity contribution in [3.63, 3.8) is 0 Å². The predicted octanol–water partition coefficient (Wildman–Crippen LogP) is 3.00. The quantitative estimate of drug-likeness (QED) is 0.849. The minimum Gasteiger partial charge on any atom is -0.313 e. The van der Waals surface area contributed by atoms with E-state index in [0.717, 1.165) is 42.7 Å². The monoisotopic (exact) mass is 292 g/mol. The molecule has 3 nitrogen and oxygen atoms in total. The van der Waals surface area contributed by atoms with Gasteiger partial charge in [-0.15, -0.1) is 0 Å². The van der Waals surface area contributed by atoms with Gasteiger partial charge in [0.15, 0.2) is 5.54 Å². The zero-order valence-electron chi connectivity index (χ0n) is 12.8. The Kier molecular flexibility index (Phi) is 3.05. The van der Waals surface area contributed by atoms with Crippen molar-refractivity contribution in [3.8, 4) is 0 Å². The van der Waals surface area contributed by atoms with Gasteiger partial charge in [0.25, 0.3) is 5.91 Å². The Bertz CT molecular complexity index is 706. The van der Waals surface area contributed by atoms with Crippen molar-refractivity contribution in [2.75, 3.05) is 25.0 Å². The van der Waals surface area contributed by atoms with Gasteiger partial charge < -0.3 is 4.90 Å². The van der Waals surface area contributed by atoms with Crippen molar-refractivity contribution in [1.29, 1.82) is 0 Å². The van der Waals surface area contributed by atoms with E-state index in [1.807, 2.05) is 48.3 Å². The minimum absolute atomic E-state index is 0.168. The highest BCUT2D eigenvalue weighted by Crippen LogP contribution is 2.48. The van der Waals surface area contributed by atoms with E-state index in [0.29, 0.717) is 0 Å².